The molecule has 1 aliphatic carbocycles. The fraction of sp³-hybridized carbons (Fsp3) is 0.190. The van der Waals surface area contributed by atoms with Crippen molar-refractivity contribution in [3.8, 4) is 16.8 Å². The van der Waals surface area contributed by atoms with Gasteiger partial charge in [-0.2, -0.15) is 5.10 Å². The van der Waals surface area contributed by atoms with Gasteiger partial charge in [-0.05, 0) is 65.8 Å². The van der Waals surface area contributed by atoms with Crippen molar-refractivity contribution in [2.45, 2.75) is 19.3 Å². The highest BCUT2D eigenvalue weighted by atomic mass is 19.1. The first kappa shape index (κ1) is 15.8. The summed E-state index contributed by atoms with van der Waals surface area (Å²) in [6.45, 7) is 0.537. The summed E-state index contributed by atoms with van der Waals surface area (Å²) in [5.74, 6) is -0.224. The molecule has 1 aliphatic rings. The van der Waals surface area contributed by atoms with Crippen LogP contribution in [0.15, 0.2) is 60.8 Å². The highest BCUT2D eigenvalue weighted by Crippen LogP contribution is 2.33. The minimum absolute atomic E-state index is 0.224. The van der Waals surface area contributed by atoms with Gasteiger partial charge in [-0.1, -0.05) is 30.3 Å². The Balaban J connectivity index is 1.79. The molecular formula is C21H20FN3. The van der Waals surface area contributed by atoms with Gasteiger partial charge in [0.25, 0.3) is 0 Å². The molecule has 0 unspecified atom stereocenters. The van der Waals surface area contributed by atoms with Crippen molar-refractivity contribution in [1.29, 1.82) is 0 Å². The summed E-state index contributed by atoms with van der Waals surface area (Å²) in [6.07, 6.45) is 7.28. The third-order valence-electron chi connectivity index (χ3n) is 4.67. The number of halogens is 1. The van der Waals surface area contributed by atoms with Crippen molar-refractivity contribution in [1.82, 2.24) is 9.78 Å². The minimum Gasteiger partial charge on any atom is -0.327 e. The van der Waals surface area contributed by atoms with Crippen LogP contribution in [0.5, 0.6) is 0 Å². The van der Waals surface area contributed by atoms with Gasteiger partial charge in [0.15, 0.2) is 0 Å². The number of hydrogen-bond acceptors (Lipinski definition) is 2. The summed E-state index contributed by atoms with van der Waals surface area (Å²) in [6, 6.07) is 14.8. The summed E-state index contributed by atoms with van der Waals surface area (Å²) in [5.41, 5.74) is 12.5. The molecule has 25 heavy (non-hydrogen) atoms. The lowest BCUT2D eigenvalue weighted by atomic mass is 9.92. The predicted octanol–water partition coefficient (Wildman–Crippen LogP) is 4.36. The van der Waals surface area contributed by atoms with E-state index in [-0.39, 0.29) is 5.82 Å². The molecule has 0 atom stereocenters. The molecule has 0 aliphatic heterocycles. The molecule has 126 valence electrons. The topological polar surface area (TPSA) is 43.8 Å². The molecule has 2 aromatic carbocycles. The van der Waals surface area contributed by atoms with Crippen LogP contribution in [0.3, 0.4) is 0 Å². The molecule has 4 heteroatoms. The van der Waals surface area contributed by atoms with Gasteiger partial charge in [-0.3, -0.25) is 0 Å². The lowest BCUT2D eigenvalue weighted by Crippen LogP contribution is -2.09. The van der Waals surface area contributed by atoms with Crippen LogP contribution in [-0.2, 0) is 6.42 Å². The Labute approximate surface area is 146 Å². The van der Waals surface area contributed by atoms with Gasteiger partial charge < -0.3 is 5.73 Å². The molecule has 0 amide bonds. The number of nitrogens with zero attached hydrogens (tertiary/aromatic N) is 2. The average molecular weight is 333 g/mol. The lowest BCUT2D eigenvalue weighted by molar-refractivity contribution is 0.628. The molecule has 1 aromatic heterocycles. The maximum Gasteiger partial charge on any atom is 0.123 e. The average Bonchev–Trinajstić information content (AvgIpc) is 3.08. The van der Waals surface area contributed by atoms with E-state index in [0.29, 0.717) is 6.54 Å². The van der Waals surface area contributed by atoms with Crippen molar-refractivity contribution < 1.29 is 4.39 Å². The van der Waals surface area contributed by atoms with Crippen molar-refractivity contribution in [3.05, 3.63) is 77.9 Å². The summed E-state index contributed by atoms with van der Waals surface area (Å²) in [7, 11) is 0. The van der Waals surface area contributed by atoms with Crippen molar-refractivity contribution in [2.75, 3.05) is 6.54 Å². The van der Waals surface area contributed by atoms with Gasteiger partial charge in [0, 0.05) is 6.54 Å². The number of aromatic nitrogens is 2. The zero-order valence-electron chi connectivity index (χ0n) is 14.0. The predicted molar refractivity (Wildman–Crippen MR) is 98.9 cm³/mol. The number of hydrogen-bond donors (Lipinski definition) is 1. The molecule has 0 bridgehead atoms. The molecule has 0 saturated carbocycles. The summed E-state index contributed by atoms with van der Waals surface area (Å²) < 4.78 is 15.2. The quantitative estimate of drug-likeness (QED) is 0.774. The number of rotatable bonds is 3. The molecule has 4 rings (SSSR count). The summed E-state index contributed by atoms with van der Waals surface area (Å²) in [5, 5.41) is 4.62. The second-order valence-electron chi connectivity index (χ2n) is 6.31. The minimum atomic E-state index is -0.224. The van der Waals surface area contributed by atoms with E-state index in [4.69, 9.17) is 5.73 Å². The highest BCUT2D eigenvalue weighted by Gasteiger charge is 2.20. The molecule has 0 saturated heterocycles. The number of allylic oxidation sites excluding steroid dienone is 1. The molecule has 1 heterocycles. The van der Waals surface area contributed by atoms with Gasteiger partial charge in [0.05, 0.1) is 17.6 Å². The Hall–Kier alpha value is -2.72. The van der Waals surface area contributed by atoms with Gasteiger partial charge >= 0.3 is 0 Å². The fourth-order valence-corrected chi connectivity index (χ4v) is 3.49. The molecule has 3 aromatic rings. The van der Waals surface area contributed by atoms with Crippen molar-refractivity contribution in [2.24, 2.45) is 5.73 Å². The van der Waals surface area contributed by atoms with E-state index in [1.165, 1.54) is 29.0 Å². The normalized spacial score (nSPS) is 15.4. The zero-order chi connectivity index (χ0) is 17.2. The second-order valence-corrected chi connectivity index (χ2v) is 6.31. The monoisotopic (exact) mass is 333 g/mol. The Morgan fingerprint density at radius 3 is 2.72 bits per heavy atom. The fourth-order valence-electron chi connectivity index (χ4n) is 3.49. The SMILES string of the molecule is NC/C=C1\CCCc2cnn(-c3cccc(-c4ccc(F)cc4)c3)c21. The smallest absolute Gasteiger partial charge is 0.123 e. The maximum absolute atomic E-state index is 13.2. The summed E-state index contributed by atoms with van der Waals surface area (Å²) >= 11 is 0. The molecule has 2 N–H and O–H groups in total. The Bertz CT molecular complexity index is 923. The largest absolute Gasteiger partial charge is 0.327 e. The number of benzene rings is 2. The van der Waals surface area contributed by atoms with E-state index in [0.717, 1.165) is 36.1 Å². The first-order chi connectivity index (χ1) is 12.3. The van der Waals surface area contributed by atoms with E-state index in [1.807, 2.05) is 23.0 Å². The lowest BCUT2D eigenvalue weighted by Gasteiger charge is -2.18. The van der Waals surface area contributed by atoms with Crippen LogP contribution in [0.25, 0.3) is 22.4 Å². The number of aryl methyl sites for hydroxylation is 1. The van der Waals surface area contributed by atoms with Gasteiger partial charge in [0.1, 0.15) is 5.82 Å². The van der Waals surface area contributed by atoms with Crippen LogP contribution < -0.4 is 5.73 Å². The second kappa shape index (κ2) is 6.65. The van der Waals surface area contributed by atoms with Crippen molar-refractivity contribution in [3.63, 3.8) is 0 Å². The first-order valence-electron chi connectivity index (χ1n) is 8.59. The first-order valence-corrected chi connectivity index (χ1v) is 8.59. The molecule has 0 spiro atoms. The third-order valence-corrected chi connectivity index (χ3v) is 4.67. The van der Waals surface area contributed by atoms with Crippen LogP contribution in [-0.4, -0.2) is 16.3 Å². The Kier molecular flexibility index (Phi) is 4.20. The van der Waals surface area contributed by atoms with Crippen LogP contribution >= 0.6 is 0 Å². The Morgan fingerprint density at radius 2 is 1.92 bits per heavy atom. The van der Waals surface area contributed by atoms with E-state index in [2.05, 4.69) is 23.3 Å². The zero-order valence-corrected chi connectivity index (χ0v) is 14.0. The van der Waals surface area contributed by atoms with Crippen LogP contribution in [0.4, 0.5) is 4.39 Å². The molecule has 0 radical (unpaired) electrons. The molecular weight excluding hydrogens is 313 g/mol. The number of nitrogens with two attached hydrogens (primary N) is 1. The maximum atomic E-state index is 13.2. The van der Waals surface area contributed by atoms with E-state index in [9.17, 15) is 4.39 Å². The van der Waals surface area contributed by atoms with E-state index < -0.39 is 0 Å². The third kappa shape index (κ3) is 3.01. The van der Waals surface area contributed by atoms with Gasteiger partial charge in [0.2, 0.25) is 0 Å². The summed E-state index contributed by atoms with van der Waals surface area (Å²) in [4.78, 5) is 0. The molecule has 0 fully saturated rings. The highest BCUT2D eigenvalue weighted by molar-refractivity contribution is 5.71. The van der Waals surface area contributed by atoms with Gasteiger partial charge in [-0.15, -0.1) is 0 Å². The van der Waals surface area contributed by atoms with Crippen LogP contribution in [0.1, 0.15) is 24.1 Å². The van der Waals surface area contributed by atoms with Crippen LogP contribution in [0, 0.1) is 5.82 Å². The van der Waals surface area contributed by atoms with Gasteiger partial charge in [-0.25, -0.2) is 9.07 Å². The molecule has 3 nitrogen and oxygen atoms in total. The van der Waals surface area contributed by atoms with Crippen molar-refractivity contribution >= 4 is 5.57 Å². The van der Waals surface area contributed by atoms with E-state index >= 15 is 0 Å². The standard InChI is InChI=1S/C21H20FN3/c22-19-9-7-15(8-10-19)17-4-2-6-20(13-17)25-21-16(11-12-23)3-1-5-18(21)14-24-25/h2,4,6-11,13-14H,1,3,5,12,23H2/b16-11+. The van der Waals surface area contributed by atoms with Crippen LogP contribution in [0.2, 0.25) is 0 Å². The van der Waals surface area contributed by atoms with E-state index in [1.54, 1.807) is 12.1 Å². The number of fused-ring (bicyclic) bond motifs is 1. The Morgan fingerprint density at radius 1 is 1.08 bits per heavy atom.